The third-order valence-corrected chi connectivity index (χ3v) is 4.05. The number of rotatable bonds is 2. The van der Waals surface area contributed by atoms with Gasteiger partial charge in [-0.2, -0.15) is 5.10 Å². The van der Waals surface area contributed by atoms with Gasteiger partial charge in [-0.25, -0.2) is 4.98 Å². The normalized spacial score (nSPS) is 11.3. The van der Waals surface area contributed by atoms with E-state index in [1.165, 1.54) is 5.56 Å². The number of imidazole rings is 1. The minimum absolute atomic E-state index is 0.694. The summed E-state index contributed by atoms with van der Waals surface area (Å²) in [6.45, 7) is 2.07. The van der Waals surface area contributed by atoms with Crippen LogP contribution < -0.4 is 0 Å². The average Bonchev–Trinajstić information content (AvgIpc) is 3.10. The van der Waals surface area contributed by atoms with Gasteiger partial charge in [0.25, 0.3) is 0 Å². The molecule has 1 N–H and O–H groups in total. The van der Waals surface area contributed by atoms with E-state index in [1.807, 2.05) is 43.6 Å². The Morgan fingerprint density at radius 3 is 2.83 bits per heavy atom. The number of H-pyrrole nitrogens is 1. The highest BCUT2D eigenvalue weighted by Crippen LogP contribution is 2.31. The molecule has 4 nitrogen and oxygen atoms in total. The smallest absolute Gasteiger partial charge is 0.142 e. The van der Waals surface area contributed by atoms with Crippen LogP contribution >= 0.6 is 11.6 Å². The summed E-state index contributed by atoms with van der Waals surface area (Å²) in [5.41, 5.74) is 5.99. The largest absolute Gasteiger partial charge is 0.338 e. The van der Waals surface area contributed by atoms with Crippen molar-refractivity contribution in [3.63, 3.8) is 0 Å². The molecule has 114 valence electrons. The van der Waals surface area contributed by atoms with Crippen molar-refractivity contribution >= 4 is 22.6 Å². The maximum Gasteiger partial charge on any atom is 0.142 e. The highest BCUT2D eigenvalue weighted by Gasteiger charge is 2.15. The summed E-state index contributed by atoms with van der Waals surface area (Å²) in [5.74, 6) is 0.814. The van der Waals surface area contributed by atoms with Crippen LogP contribution in [0, 0.1) is 6.92 Å². The topological polar surface area (TPSA) is 46.5 Å². The molecule has 0 bridgehead atoms. The molecule has 0 aliphatic heterocycles. The predicted octanol–water partition coefficient (Wildman–Crippen LogP) is 4.59. The van der Waals surface area contributed by atoms with Crippen molar-refractivity contribution in [3.05, 3.63) is 59.2 Å². The second-order valence-electron chi connectivity index (χ2n) is 5.68. The van der Waals surface area contributed by atoms with Gasteiger partial charge >= 0.3 is 0 Å². The molecular weight excluding hydrogens is 308 g/mol. The average molecular weight is 323 g/mol. The van der Waals surface area contributed by atoms with Crippen LogP contribution in [0.1, 0.15) is 5.56 Å². The zero-order valence-electron chi connectivity index (χ0n) is 12.8. The molecule has 2 heterocycles. The molecule has 0 atom stereocenters. The van der Waals surface area contributed by atoms with Crippen molar-refractivity contribution in [3.8, 4) is 22.6 Å². The van der Waals surface area contributed by atoms with E-state index in [0.29, 0.717) is 5.02 Å². The Hall–Kier alpha value is -2.59. The quantitative estimate of drug-likeness (QED) is 0.586. The first-order chi connectivity index (χ1) is 11.1. The lowest BCUT2D eigenvalue weighted by atomic mass is 10.1. The van der Waals surface area contributed by atoms with Crippen molar-refractivity contribution in [1.82, 2.24) is 19.7 Å². The molecule has 0 spiro atoms. The van der Waals surface area contributed by atoms with Crippen LogP contribution in [0.3, 0.4) is 0 Å². The van der Waals surface area contributed by atoms with E-state index >= 15 is 0 Å². The molecule has 0 saturated heterocycles. The number of aromatic nitrogens is 4. The van der Waals surface area contributed by atoms with Crippen LogP contribution in [-0.4, -0.2) is 19.7 Å². The lowest BCUT2D eigenvalue weighted by Crippen LogP contribution is -1.87. The maximum atomic E-state index is 6.12. The Labute approximate surface area is 138 Å². The fraction of sp³-hybridized carbons (Fsp3) is 0.111. The Kier molecular flexibility index (Phi) is 3.20. The summed E-state index contributed by atoms with van der Waals surface area (Å²) >= 11 is 6.12. The summed E-state index contributed by atoms with van der Waals surface area (Å²) in [5, 5.41) is 5.28. The summed E-state index contributed by atoms with van der Waals surface area (Å²) in [6, 6.07) is 13.9. The number of halogens is 1. The van der Waals surface area contributed by atoms with E-state index in [9.17, 15) is 0 Å². The zero-order valence-corrected chi connectivity index (χ0v) is 13.6. The van der Waals surface area contributed by atoms with Crippen LogP contribution in [0.15, 0.2) is 48.7 Å². The van der Waals surface area contributed by atoms with Gasteiger partial charge in [-0.15, -0.1) is 0 Å². The summed E-state index contributed by atoms with van der Waals surface area (Å²) in [4.78, 5) is 8.10. The number of aromatic amines is 1. The lowest BCUT2D eigenvalue weighted by molar-refractivity contribution is 0.771. The van der Waals surface area contributed by atoms with Crippen LogP contribution in [-0.2, 0) is 7.05 Å². The van der Waals surface area contributed by atoms with Gasteiger partial charge in [-0.1, -0.05) is 29.8 Å². The Morgan fingerprint density at radius 2 is 2.00 bits per heavy atom. The van der Waals surface area contributed by atoms with Gasteiger partial charge in [0, 0.05) is 23.8 Å². The molecule has 0 radical (unpaired) electrons. The monoisotopic (exact) mass is 322 g/mol. The molecule has 0 unspecified atom stereocenters. The third kappa shape index (κ3) is 2.51. The molecule has 4 aromatic rings. The SMILES string of the molecule is Cc1ccc2nc(-c3cn(C)nc3-c3cccc(Cl)c3)[nH]c2c1. The first kappa shape index (κ1) is 14.0. The highest BCUT2D eigenvalue weighted by molar-refractivity contribution is 6.30. The standard InChI is InChI=1S/C18H15ClN4/c1-11-6-7-15-16(8-11)21-18(20-15)14-10-23(2)22-17(14)12-4-3-5-13(19)9-12/h3-10H,1-2H3,(H,20,21). The molecule has 0 aliphatic carbocycles. The molecule has 0 fully saturated rings. The van der Waals surface area contributed by atoms with E-state index < -0.39 is 0 Å². The molecule has 23 heavy (non-hydrogen) atoms. The van der Waals surface area contributed by atoms with Gasteiger partial charge in [0.15, 0.2) is 0 Å². The summed E-state index contributed by atoms with van der Waals surface area (Å²) < 4.78 is 1.80. The first-order valence-corrected chi connectivity index (χ1v) is 7.74. The second-order valence-corrected chi connectivity index (χ2v) is 6.12. The van der Waals surface area contributed by atoms with E-state index in [1.54, 1.807) is 4.68 Å². The molecule has 4 rings (SSSR count). The Balaban J connectivity index is 1.91. The van der Waals surface area contributed by atoms with Crippen molar-refractivity contribution in [2.45, 2.75) is 6.92 Å². The molecule has 0 saturated carbocycles. The molecule has 5 heteroatoms. The van der Waals surface area contributed by atoms with Gasteiger partial charge in [0.2, 0.25) is 0 Å². The number of nitrogens with zero attached hydrogens (tertiary/aromatic N) is 3. The fourth-order valence-electron chi connectivity index (χ4n) is 2.76. The van der Waals surface area contributed by atoms with E-state index in [0.717, 1.165) is 33.7 Å². The molecule has 2 aromatic carbocycles. The van der Waals surface area contributed by atoms with Crippen LogP contribution in [0.5, 0.6) is 0 Å². The number of benzene rings is 2. The van der Waals surface area contributed by atoms with Gasteiger partial charge in [-0.05, 0) is 36.8 Å². The first-order valence-electron chi connectivity index (χ1n) is 7.36. The second kappa shape index (κ2) is 5.25. The van der Waals surface area contributed by atoms with Gasteiger partial charge in [-0.3, -0.25) is 4.68 Å². The minimum atomic E-state index is 0.694. The van der Waals surface area contributed by atoms with Gasteiger partial charge < -0.3 is 4.98 Å². The molecule has 2 aromatic heterocycles. The molecular formula is C18H15ClN4. The third-order valence-electron chi connectivity index (χ3n) is 3.82. The van der Waals surface area contributed by atoms with Crippen LogP contribution in [0.25, 0.3) is 33.7 Å². The van der Waals surface area contributed by atoms with E-state index in [2.05, 4.69) is 29.1 Å². The summed E-state index contributed by atoms with van der Waals surface area (Å²) in [7, 11) is 1.91. The zero-order chi connectivity index (χ0) is 16.0. The van der Waals surface area contributed by atoms with Crippen molar-refractivity contribution < 1.29 is 0 Å². The molecule has 0 aliphatic rings. The Bertz CT molecular complexity index is 1010. The van der Waals surface area contributed by atoms with Crippen LogP contribution in [0.2, 0.25) is 5.02 Å². The minimum Gasteiger partial charge on any atom is -0.338 e. The summed E-state index contributed by atoms with van der Waals surface area (Å²) in [6.07, 6.45) is 1.97. The Morgan fingerprint density at radius 1 is 1.13 bits per heavy atom. The van der Waals surface area contributed by atoms with Crippen LogP contribution in [0.4, 0.5) is 0 Å². The lowest BCUT2D eigenvalue weighted by Gasteiger charge is -2.00. The van der Waals surface area contributed by atoms with Crippen molar-refractivity contribution in [2.75, 3.05) is 0 Å². The van der Waals surface area contributed by atoms with Crippen molar-refractivity contribution in [2.24, 2.45) is 7.05 Å². The number of hydrogen-bond donors (Lipinski definition) is 1. The highest BCUT2D eigenvalue weighted by atomic mass is 35.5. The number of nitrogens with one attached hydrogen (secondary N) is 1. The van der Waals surface area contributed by atoms with Gasteiger partial charge in [0.1, 0.15) is 11.5 Å². The van der Waals surface area contributed by atoms with Crippen molar-refractivity contribution in [1.29, 1.82) is 0 Å². The fourth-order valence-corrected chi connectivity index (χ4v) is 2.95. The number of hydrogen-bond acceptors (Lipinski definition) is 2. The van der Waals surface area contributed by atoms with E-state index in [-0.39, 0.29) is 0 Å². The number of fused-ring (bicyclic) bond motifs is 1. The van der Waals surface area contributed by atoms with Gasteiger partial charge in [0.05, 0.1) is 16.6 Å². The predicted molar refractivity (Wildman–Crippen MR) is 93.5 cm³/mol. The van der Waals surface area contributed by atoms with E-state index in [4.69, 9.17) is 16.6 Å². The molecule has 0 amide bonds. The number of aryl methyl sites for hydroxylation is 2. The maximum absolute atomic E-state index is 6.12.